The van der Waals surface area contributed by atoms with Crippen LogP contribution in [-0.4, -0.2) is 38.3 Å². The molecule has 2 aromatic carbocycles. The molecule has 1 atom stereocenters. The van der Waals surface area contributed by atoms with Gasteiger partial charge in [-0.2, -0.15) is 5.10 Å². The lowest BCUT2D eigenvalue weighted by Crippen LogP contribution is -2.51. The van der Waals surface area contributed by atoms with E-state index in [1.807, 2.05) is 60.7 Å². The minimum absolute atomic E-state index is 0.0555. The smallest absolute Gasteiger partial charge is 0.277 e. The average Bonchev–Trinajstić information content (AvgIpc) is 2.80. The Balaban J connectivity index is 1.91. The molecular formula is C24H21N3O3. The van der Waals surface area contributed by atoms with Crippen LogP contribution in [0.25, 0.3) is 11.3 Å². The third-order valence-electron chi connectivity index (χ3n) is 5.85. The van der Waals surface area contributed by atoms with Crippen molar-refractivity contribution >= 4 is 17.2 Å². The molecule has 5 rings (SSSR count). The molecule has 0 spiro atoms. The van der Waals surface area contributed by atoms with E-state index in [1.54, 1.807) is 4.90 Å². The maximum absolute atomic E-state index is 13.2. The summed E-state index contributed by atoms with van der Waals surface area (Å²) in [6.07, 6.45) is 3.78. The summed E-state index contributed by atoms with van der Waals surface area (Å²) in [6.45, 7) is 0.590. The van der Waals surface area contributed by atoms with Gasteiger partial charge in [0.25, 0.3) is 5.91 Å². The van der Waals surface area contributed by atoms with E-state index in [1.165, 1.54) is 4.68 Å². The highest BCUT2D eigenvalue weighted by Gasteiger charge is 2.41. The van der Waals surface area contributed by atoms with Gasteiger partial charge in [-0.1, -0.05) is 60.7 Å². The third kappa shape index (κ3) is 2.84. The quantitative estimate of drug-likeness (QED) is 0.717. The van der Waals surface area contributed by atoms with Crippen molar-refractivity contribution in [2.45, 2.75) is 25.3 Å². The Bertz CT molecular complexity index is 1160. The molecule has 2 aliphatic rings. The molecule has 6 nitrogen and oxygen atoms in total. The molecule has 3 heterocycles. The van der Waals surface area contributed by atoms with Gasteiger partial charge in [0.15, 0.2) is 11.4 Å². The van der Waals surface area contributed by atoms with Crippen LogP contribution in [0.5, 0.6) is 5.75 Å². The molecule has 1 aromatic heterocycles. The molecule has 150 valence electrons. The fraction of sp³-hybridized carbons (Fsp3) is 0.208. The van der Waals surface area contributed by atoms with Crippen LogP contribution in [0.15, 0.2) is 71.7 Å². The van der Waals surface area contributed by atoms with Crippen molar-refractivity contribution in [3.8, 4) is 5.75 Å². The number of rotatable bonds is 2. The van der Waals surface area contributed by atoms with E-state index in [0.29, 0.717) is 6.54 Å². The number of hydrogen-bond acceptors (Lipinski definition) is 4. The Labute approximate surface area is 173 Å². The molecule has 1 N–H and O–H groups in total. The first kappa shape index (κ1) is 18.4. The minimum atomic E-state index is -0.648. The Hall–Kier alpha value is -3.67. The molecule has 2 aliphatic heterocycles. The van der Waals surface area contributed by atoms with Gasteiger partial charge in [0.2, 0.25) is 5.43 Å². The van der Waals surface area contributed by atoms with E-state index < -0.39 is 11.2 Å². The summed E-state index contributed by atoms with van der Waals surface area (Å²) in [5, 5.41) is 14.8. The van der Waals surface area contributed by atoms with Crippen molar-refractivity contribution in [1.29, 1.82) is 0 Å². The summed E-state index contributed by atoms with van der Waals surface area (Å²) in [5.41, 5.74) is 3.04. The number of fused-ring (bicyclic) bond motifs is 2. The zero-order valence-electron chi connectivity index (χ0n) is 16.4. The van der Waals surface area contributed by atoms with Crippen LogP contribution in [0.2, 0.25) is 0 Å². The molecule has 0 aliphatic carbocycles. The third-order valence-corrected chi connectivity index (χ3v) is 5.85. The maximum atomic E-state index is 13.2. The standard InChI is InChI=1S/C24H21N3O3/c28-19-15-25-27-21(18-13-7-8-14-26(18)24(30)22(27)23(19)29)20(16-9-3-1-4-10-16)17-11-5-2-6-12-17/h1-6,9-12,15,18,29H,7-8,13-14H2. The summed E-state index contributed by atoms with van der Waals surface area (Å²) in [7, 11) is 0. The molecule has 0 saturated carbocycles. The van der Waals surface area contributed by atoms with Gasteiger partial charge in [-0.3, -0.25) is 9.59 Å². The molecule has 3 aromatic rings. The molecular weight excluding hydrogens is 378 g/mol. The summed E-state index contributed by atoms with van der Waals surface area (Å²) >= 11 is 0. The van der Waals surface area contributed by atoms with Gasteiger partial charge < -0.3 is 10.0 Å². The Morgan fingerprint density at radius 1 is 0.933 bits per heavy atom. The molecule has 30 heavy (non-hydrogen) atoms. The molecule has 0 bridgehead atoms. The second kappa shape index (κ2) is 7.30. The highest BCUT2D eigenvalue weighted by Crippen LogP contribution is 2.40. The molecule has 0 radical (unpaired) electrons. The van der Waals surface area contributed by atoms with Gasteiger partial charge in [0.1, 0.15) is 0 Å². The predicted octanol–water partition coefficient (Wildman–Crippen LogP) is 3.37. The van der Waals surface area contributed by atoms with Crippen molar-refractivity contribution in [3.63, 3.8) is 0 Å². The zero-order valence-corrected chi connectivity index (χ0v) is 16.4. The summed E-state index contributed by atoms with van der Waals surface area (Å²) < 4.78 is 1.49. The second-order valence-electron chi connectivity index (χ2n) is 7.62. The van der Waals surface area contributed by atoms with E-state index in [9.17, 15) is 14.7 Å². The number of benzene rings is 2. The van der Waals surface area contributed by atoms with Gasteiger partial charge in [-0.25, -0.2) is 4.68 Å². The number of aromatic nitrogens is 2. The number of amides is 1. The van der Waals surface area contributed by atoms with Crippen molar-refractivity contribution in [2.24, 2.45) is 0 Å². The van der Waals surface area contributed by atoms with Crippen LogP contribution in [0.3, 0.4) is 0 Å². The van der Waals surface area contributed by atoms with E-state index in [2.05, 4.69) is 5.10 Å². The maximum Gasteiger partial charge on any atom is 0.277 e. The van der Waals surface area contributed by atoms with E-state index in [0.717, 1.165) is 47.9 Å². The number of piperidine rings is 1. The number of hydrogen-bond donors (Lipinski definition) is 1. The number of aromatic hydroxyl groups is 1. The van der Waals surface area contributed by atoms with E-state index >= 15 is 0 Å². The van der Waals surface area contributed by atoms with E-state index in [4.69, 9.17) is 0 Å². The average molecular weight is 399 g/mol. The van der Waals surface area contributed by atoms with Gasteiger partial charge in [0, 0.05) is 12.1 Å². The van der Waals surface area contributed by atoms with Crippen LogP contribution in [-0.2, 0) is 0 Å². The van der Waals surface area contributed by atoms with Crippen molar-refractivity contribution < 1.29 is 9.90 Å². The van der Waals surface area contributed by atoms with Crippen LogP contribution in [0, 0.1) is 0 Å². The summed E-state index contributed by atoms with van der Waals surface area (Å²) in [6, 6.07) is 19.8. The predicted molar refractivity (Wildman–Crippen MR) is 114 cm³/mol. The van der Waals surface area contributed by atoms with Crippen LogP contribution in [0.4, 0.5) is 0 Å². The number of nitrogens with zero attached hydrogens (tertiary/aromatic N) is 3. The number of carbonyl (C=O) groups is 1. The molecule has 1 saturated heterocycles. The lowest BCUT2D eigenvalue weighted by Gasteiger charge is -2.42. The lowest BCUT2D eigenvalue weighted by molar-refractivity contribution is 0.0623. The van der Waals surface area contributed by atoms with Gasteiger partial charge in [0.05, 0.1) is 17.9 Å². The monoisotopic (exact) mass is 399 g/mol. The molecule has 1 amide bonds. The molecule has 6 heteroatoms. The summed E-state index contributed by atoms with van der Waals surface area (Å²) in [4.78, 5) is 27.1. The Morgan fingerprint density at radius 2 is 1.57 bits per heavy atom. The Morgan fingerprint density at radius 3 is 2.20 bits per heavy atom. The first-order chi connectivity index (χ1) is 14.7. The SMILES string of the molecule is O=C1c2c(O)c(=O)cnn2C(=C(c2ccccc2)c2ccccc2)C2CCCCN12. The first-order valence-corrected chi connectivity index (χ1v) is 10.1. The minimum Gasteiger partial charge on any atom is -0.502 e. The second-order valence-corrected chi connectivity index (χ2v) is 7.62. The van der Waals surface area contributed by atoms with Gasteiger partial charge >= 0.3 is 0 Å². The fourth-order valence-corrected chi connectivity index (χ4v) is 4.50. The summed E-state index contributed by atoms with van der Waals surface area (Å²) in [5.74, 6) is -0.886. The van der Waals surface area contributed by atoms with Crippen LogP contribution < -0.4 is 5.43 Å². The van der Waals surface area contributed by atoms with Crippen LogP contribution in [0.1, 0.15) is 40.9 Å². The first-order valence-electron chi connectivity index (χ1n) is 10.1. The highest BCUT2D eigenvalue weighted by atomic mass is 16.3. The molecule has 1 unspecified atom stereocenters. The van der Waals surface area contributed by atoms with Crippen molar-refractivity contribution in [1.82, 2.24) is 14.7 Å². The van der Waals surface area contributed by atoms with Gasteiger partial charge in [-0.05, 0) is 30.4 Å². The fourth-order valence-electron chi connectivity index (χ4n) is 4.50. The van der Waals surface area contributed by atoms with Gasteiger partial charge in [-0.15, -0.1) is 0 Å². The van der Waals surface area contributed by atoms with Crippen LogP contribution >= 0.6 is 0 Å². The topological polar surface area (TPSA) is 75.4 Å². The number of carbonyl (C=O) groups excluding carboxylic acids is 1. The normalized spacial score (nSPS) is 18.0. The molecule has 1 fully saturated rings. The largest absolute Gasteiger partial charge is 0.502 e. The highest BCUT2D eigenvalue weighted by molar-refractivity contribution is 6.04. The van der Waals surface area contributed by atoms with Crippen molar-refractivity contribution in [2.75, 3.05) is 6.54 Å². The zero-order chi connectivity index (χ0) is 20.7. The lowest BCUT2D eigenvalue weighted by atomic mass is 9.88. The van der Waals surface area contributed by atoms with Crippen molar-refractivity contribution in [3.05, 3.63) is 93.9 Å². The Kier molecular flexibility index (Phi) is 4.47. The van der Waals surface area contributed by atoms with E-state index in [-0.39, 0.29) is 17.6 Å².